The fourth-order valence-electron chi connectivity index (χ4n) is 3.08. The number of nitrogens with zero attached hydrogens (tertiary/aromatic N) is 3. The molecule has 1 amide bonds. The molecule has 4 aromatic rings. The molecule has 0 bridgehead atoms. The highest BCUT2D eigenvalue weighted by Crippen LogP contribution is 2.34. The third kappa shape index (κ3) is 4.82. The monoisotopic (exact) mass is 472 g/mol. The van der Waals surface area contributed by atoms with Crippen LogP contribution in [-0.4, -0.2) is 28.0 Å². The SMILES string of the molecule is COc1ccccc1Oc1ccc(NC(=O)c2nnn(-c3ccc(F)cc3)c2C(F)(F)F)cc1. The molecule has 0 aliphatic rings. The van der Waals surface area contributed by atoms with Gasteiger partial charge >= 0.3 is 6.18 Å². The van der Waals surface area contributed by atoms with Crippen LogP contribution >= 0.6 is 0 Å². The van der Waals surface area contributed by atoms with Crippen molar-refractivity contribution >= 4 is 11.6 Å². The van der Waals surface area contributed by atoms with Crippen molar-refractivity contribution in [2.75, 3.05) is 12.4 Å². The Kier molecular flexibility index (Phi) is 6.17. The summed E-state index contributed by atoms with van der Waals surface area (Å²) in [6.07, 6.45) is -4.95. The van der Waals surface area contributed by atoms with E-state index in [1.54, 1.807) is 24.3 Å². The molecule has 0 fully saturated rings. The van der Waals surface area contributed by atoms with Gasteiger partial charge in [0, 0.05) is 5.69 Å². The van der Waals surface area contributed by atoms with E-state index in [0.717, 1.165) is 24.3 Å². The van der Waals surface area contributed by atoms with Gasteiger partial charge in [-0.3, -0.25) is 4.79 Å². The Morgan fingerprint density at radius 3 is 2.21 bits per heavy atom. The summed E-state index contributed by atoms with van der Waals surface area (Å²) in [5.41, 5.74) is -2.20. The van der Waals surface area contributed by atoms with Gasteiger partial charge in [0.15, 0.2) is 22.9 Å². The second-order valence-corrected chi connectivity index (χ2v) is 6.90. The lowest BCUT2D eigenvalue weighted by atomic mass is 10.2. The molecule has 1 heterocycles. The maximum atomic E-state index is 13.7. The number of anilines is 1. The summed E-state index contributed by atoms with van der Waals surface area (Å²) in [6.45, 7) is 0. The molecule has 0 saturated heterocycles. The van der Waals surface area contributed by atoms with E-state index < -0.39 is 29.3 Å². The summed E-state index contributed by atoms with van der Waals surface area (Å²) < 4.78 is 65.8. The van der Waals surface area contributed by atoms with Crippen LogP contribution in [-0.2, 0) is 6.18 Å². The van der Waals surface area contributed by atoms with Gasteiger partial charge in [0.25, 0.3) is 5.91 Å². The number of alkyl halides is 3. The van der Waals surface area contributed by atoms with Gasteiger partial charge in [-0.25, -0.2) is 9.07 Å². The third-order valence-corrected chi connectivity index (χ3v) is 4.63. The minimum Gasteiger partial charge on any atom is -0.493 e. The van der Waals surface area contributed by atoms with Gasteiger partial charge in [-0.05, 0) is 60.7 Å². The highest BCUT2D eigenvalue weighted by molar-refractivity contribution is 6.03. The molecule has 1 N–H and O–H groups in total. The minimum absolute atomic E-state index is 0.0990. The third-order valence-electron chi connectivity index (χ3n) is 4.63. The zero-order valence-electron chi connectivity index (χ0n) is 17.5. The van der Waals surface area contributed by atoms with Crippen LogP contribution in [0.2, 0.25) is 0 Å². The van der Waals surface area contributed by atoms with Crippen LogP contribution in [0.4, 0.5) is 23.2 Å². The van der Waals surface area contributed by atoms with Crippen molar-refractivity contribution in [2.24, 2.45) is 0 Å². The van der Waals surface area contributed by atoms with Gasteiger partial charge in [0.05, 0.1) is 12.8 Å². The van der Waals surface area contributed by atoms with E-state index in [9.17, 15) is 22.4 Å². The zero-order valence-corrected chi connectivity index (χ0v) is 17.5. The van der Waals surface area contributed by atoms with Crippen LogP contribution in [0.5, 0.6) is 17.2 Å². The molecule has 0 aliphatic carbocycles. The molecule has 0 atom stereocenters. The molecule has 0 aliphatic heterocycles. The van der Waals surface area contributed by atoms with Crippen molar-refractivity contribution in [3.8, 4) is 22.9 Å². The van der Waals surface area contributed by atoms with Crippen molar-refractivity contribution in [3.63, 3.8) is 0 Å². The van der Waals surface area contributed by atoms with Crippen molar-refractivity contribution in [3.05, 3.63) is 90.0 Å². The molecule has 11 heteroatoms. The standard InChI is InChI=1S/C23H16F4N4O3/c1-33-18-4-2-3-5-19(18)34-17-12-8-15(9-13-17)28-22(32)20-21(23(25,26)27)31(30-29-20)16-10-6-14(24)7-11-16/h2-13H,1H3,(H,28,32). The molecule has 1 aromatic heterocycles. The van der Waals surface area contributed by atoms with Gasteiger partial charge in [0.2, 0.25) is 0 Å². The number of hydrogen-bond acceptors (Lipinski definition) is 5. The molecule has 34 heavy (non-hydrogen) atoms. The highest BCUT2D eigenvalue weighted by Gasteiger charge is 2.42. The number of hydrogen-bond donors (Lipinski definition) is 1. The van der Waals surface area contributed by atoms with E-state index in [0.29, 0.717) is 21.9 Å². The lowest BCUT2D eigenvalue weighted by Gasteiger charge is -2.12. The fraction of sp³-hybridized carbons (Fsp3) is 0.0870. The largest absolute Gasteiger partial charge is 0.493 e. The Morgan fingerprint density at radius 1 is 0.941 bits per heavy atom. The van der Waals surface area contributed by atoms with Crippen molar-refractivity contribution in [1.29, 1.82) is 0 Å². The first-order valence-corrected chi connectivity index (χ1v) is 9.77. The Hall–Kier alpha value is -4.41. The van der Waals surface area contributed by atoms with Crippen LogP contribution in [0.15, 0.2) is 72.8 Å². The first-order valence-electron chi connectivity index (χ1n) is 9.77. The summed E-state index contributed by atoms with van der Waals surface area (Å²) in [4.78, 5) is 12.6. The number of carbonyl (C=O) groups is 1. The van der Waals surface area contributed by atoms with Crippen LogP contribution in [0.25, 0.3) is 5.69 Å². The summed E-state index contributed by atoms with van der Waals surface area (Å²) in [7, 11) is 1.50. The maximum absolute atomic E-state index is 13.7. The molecule has 3 aromatic carbocycles. The van der Waals surface area contributed by atoms with Crippen molar-refractivity contribution < 1.29 is 31.8 Å². The average Bonchev–Trinajstić information content (AvgIpc) is 3.27. The van der Waals surface area contributed by atoms with Crippen molar-refractivity contribution in [2.45, 2.75) is 6.18 Å². The van der Waals surface area contributed by atoms with Crippen LogP contribution < -0.4 is 14.8 Å². The summed E-state index contributed by atoms with van der Waals surface area (Å²) in [5.74, 6) is -0.342. The van der Waals surface area contributed by atoms with Gasteiger partial charge in [0.1, 0.15) is 11.6 Å². The number of carbonyl (C=O) groups excluding carboxylic acids is 1. The molecule has 0 radical (unpaired) electrons. The van der Waals surface area contributed by atoms with Crippen LogP contribution in [0.1, 0.15) is 16.2 Å². The topological polar surface area (TPSA) is 78.3 Å². The number of para-hydroxylation sites is 2. The van der Waals surface area contributed by atoms with E-state index in [4.69, 9.17) is 9.47 Å². The number of nitrogens with one attached hydrogen (secondary N) is 1. The number of rotatable bonds is 6. The number of halogens is 4. The highest BCUT2D eigenvalue weighted by atomic mass is 19.4. The first kappa shape index (κ1) is 22.8. The minimum atomic E-state index is -4.95. The molecule has 0 saturated carbocycles. The Bertz CT molecular complexity index is 1300. The number of methoxy groups -OCH3 is 1. The fourth-order valence-corrected chi connectivity index (χ4v) is 3.08. The molecular weight excluding hydrogens is 456 g/mol. The van der Waals surface area contributed by atoms with E-state index in [2.05, 4.69) is 15.6 Å². The van der Waals surface area contributed by atoms with Gasteiger partial charge < -0.3 is 14.8 Å². The second kappa shape index (κ2) is 9.22. The zero-order chi connectivity index (χ0) is 24.3. The van der Waals surface area contributed by atoms with Crippen LogP contribution in [0, 0.1) is 5.82 Å². The van der Waals surface area contributed by atoms with Gasteiger partial charge in [-0.2, -0.15) is 13.2 Å². The molecule has 0 spiro atoms. The Balaban J connectivity index is 1.55. The number of benzene rings is 3. The Morgan fingerprint density at radius 2 is 1.59 bits per heavy atom. The molecule has 7 nitrogen and oxygen atoms in total. The van der Waals surface area contributed by atoms with Gasteiger partial charge in [-0.15, -0.1) is 5.10 Å². The first-order chi connectivity index (χ1) is 16.3. The summed E-state index contributed by atoms with van der Waals surface area (Å²) >= 11 is 0. The molecular formula is C23H16F4N4O3. The van der Waals surface area contributed by atoms with E-state index in [1.807, 2.05) is 0 Å². The second-order valence-electron chi connectivity index (χ2n) is 6.90. The molecule has 4 rings (SSSR count). The number of ether oxygens (including phenoxy) is 2. The number of amides is 1. The molecule has 0 unspecified atom stereocenters. The average molecular weight is 472 g/mol. The summed E-state index contributed by atoms with van der Waals surface area (Å²) in [5, 5.41) is 9.24. The van der Waals surface area contributed by atoms with E-state index in [-0.39, 0.29) is 11.4 Å². The smallest absolute Gasteiger partial charge is 0.435 e. The van der Waals surface area contributed by atoms with Gasteiger partial charge in [-0.1, -0.05) is 17.3 Å². The molecule has 174 valence electrons. The lowest BCUT2D eigenvalue weighted by Crippen LogP contribution is -2.21. The van der Waals surface area contributed by atoms with Crippen molar-refractivity contribution in [1.82, 2.24) is 15.0 Å². The Labute approximate surface area is 190 Å². The maximum Gasteiger partial charge on any atom is 0.435 e. The van der Waals surface area contributed by atoms with E-state index >= 15 is 0 Å². The summed E-state index contributed by atoms with van der Waals surface area (Å²) in [6, 6.07) is 17.1. The predicted molar refractivity (Wildman–Crippen MR) is 114 cm³/mol. The normalized spacial score (nSPS) is 11.2. The van der Waals surface area contributed by atoms with Crippen LogP contribution in [0.3, 0.4) is 0 Å². The number of aromatic nitrogens is 3. The van der Waals surface area contributed by atoms with E-state index in [1.165, 1.54) is 31.4 Å². The lowest BCUT2D eigenvalue weighted by molar-refractivity contribution is -0.143. The predicted octanol–water partition coefficient (Wildman–Crippen LogP) is 5.48. The quantitative estimate of drug-likeness (QED) is 0.376.